The van der Waals surface area contributed by atoms with Crippen LogP contribution in [-0.2, 0) is 0 Å². The summed E-state index contributed by atoms with van der Waals surface area (Å²) in [5, 5.41) is 10.8. The van der Waals surface area contributed by atoms with E-state index in [-0.39, 0.29) is 6.10 Å². The van der Waals surface area contributed by atoms with Crippen LogP contribution < -0.4 is 0 Å². The maximum atomic E-state index is 10.8. The summed E-state index contributed by atoms with van der Waals surface area (Å²) in [4.78, 5) is 0. The molecule has 20 heavy (non-hydrogen) atoms. The average molecular weight is 274 g/mol. The highest BCUT2D eigenvalue weighted by atomic mass is 16.3. The molecule has 1 fully saturated rings. The largest absolute Gasteiger partial charge is 0.388 e. The molecule has 0 saturated heterocycles. The van der Waals surface area contributed by atoms with Crippen molar-refractivity contribution in [1.82, 2.24) is 0 Å². The summed E-state index contributed by atoms with van der Waals surface area (Å²) < 4.78 is 0. The molecule has 1 aliphatic carbocycles. The molecule has 0 spiro atoms. The molecule has 1 unspecified atom stereocenters. The molecule has 112 valence electrons. The first kappa shape index (κ1) is 15.6. The predicted octanol–water partition coefficient (Wildman–Crippen LogP) is 5.31. The fraction of sp³-hybridized carbons (Fsp3) is 0.684. The molecule has 1 aromatic rings. The molecular formula is C19H30O. The van der Waals surface area contributed by atoms with E-state index in [1.165, 1.54) is 66.3 Å². The Hall–Kier alpha value is -0.820. The number of benzene rings is 1. The van der Waals surface area contributed by atoms with Crippen LogP contribution in [0.25, 0.3) is 0 Å². The Labute approximate surface area is 124 Å². The molecule has 1 saturated carbocycles. The van der Waals surface area contributed by atoms with Gasteiger partial charge in [0.1, 0.15) is 0 Å². The number of rotatable bonds is 3. The molecule has 0 bridgehead atoms. The van der Waals surface area contributed by atoms with Crippen LogP contribution in [0.4, 0.5) is 0 Å². The number of aliphatic hydroxyl groups excluding tert-OH is 1. The summed E-state index contributed by atoms with van der Waals surface area (Å²) in [5.74, 6) is 0.715. The third kappa shape index (κ3) is 3.44. The lowest BCUT2D eigenvalue weighted by molar-refractivity contribution is 0.137. The van der Waals surface area contributed by atoms with Crippen molar-refractivity contribution in [3.05, 3.63) is 33.9 Å². The first-order valence-corrected chi connectivity index (χ1v) is 8.26. The summed E-state index contributed by atoms with van der Waals surface area (Å²) in [7, 11) is 0. The van der Waals surface area contributed by atoms with Crippen molar-refractivity contribution in [2.75, 3.05) is 0 Å². The monoisotopic (exact) mass is 274 g/mol. The zero-order chi connectivity index (χ0) is 14.7. The molecule has 1 aromatic carbocycles. The second-order valence-electron chi connectivity index (χ2n) is 6.78. The van der Waals surface area contributed by atoms with Gasteiger partial charge in [-0.05, 0) is 67.9 Å². The zero-order valence-corrected chi connectivity index (χ0v) is 13.6. The van der Waals surface area contributed by atoms with Gasteiger partial charge < -0.3 is 5.11 Å². The Bertz CT molecular complexity index is 427. The molecule has 0 radical (unpaired) electrons. The number of aryl methyl sites for hydroxylation is 2. The highest BCUT2D eigenvalue weighted by molar-refractivity contribution is 5.45. The highest BCUT2D eigenvalue weighted by Gasteiger charge is 2.21. The van der Waals surface area contributed by atoms with Crippen LogP contribution in [0.15, 0.2) is 6.07 Å². The SMILES string of the molecule is Cc1cc(C)c(C)c(C(O)CC2CCCCCC2)c1C. The fourth-order valence-electron chi connectivity index (χ4n) is 3.78. The first-order chi connectivity index (χ1) is 9.50. The molecule has 1 atom stereocenters. The molecule has 0 heterocycles. The van der Waals surface area contributed by atoms with Gasteiger partial charge in [-0.2, -0.15) is 0 Å². The Balaban J connectivity index is 2.18. The zero-order valence-electron chi connectivity index (χ0n) is 13.6. The van der Waals surface area contributed by atoms with E-state index in [9.17, 15) is 5.11 Å². The molecule has 0 amide bonds. The van der Waals surface area contributed by atoms with E-state index in [0.717, 1.165) is 6.42 Å². The smallest absolute Gasteiger partial charge is 0.0798 e. The first-order valence-electron chi connectivity index (χ1n) is 8.26. The van der Waals surface area contributed by atoms with E-state index in [0.29, 0.717) is 5.92 Å². The molecule has 1 heteroatoms. The van der Waals surface area contributed by atoms with Gasteiger partial charge in [0.25, 0.3) is 0 Å². The minimum absolute atomic E-state index is 0.281. The summed E-state index contributed by atoms with van der Waals surface area (Å²) >= 11 is 0. The van der Waals surface area contributed by atoms with Crippen molar-refractivity contribution in [1.29, 1.82) is 0 Å². The van der Waals surface area contributed by atoms with Crippen molar-refractivity contribution in [3.8, 4) is 0 Å². The van der Waals surface area contributed by atoms with Crippen LogP contribution in [0, 0.1) is 33.6 Å². The van der Waals surface area contributed by atoms with E-state index in [2.05, 4.69) is 33.8 Å². The van der Waals surface area contributed by atoms with Crippen LogP contribution in [0.3, 0.4) is 0 Å². The average Bonchev–Trinajstić information content (AvgIpc) is 2.65. The van der Waals surface area contributed by atoms with Crippen LogP contribution in [-0.4, -0.2) is 5.11 Å². The van der Waals surface area contributed by atoms with Gasteiger partial charge in [-0.25, -0.2) is 0 Å². The van der Waals surface area contributed by atoms with Gasteiger partial charge in [-0.15, -0.1) is 0 Å². The van der Waals surface area contributed by atoms with Gasteiger partial charge in [-0.1, -0.05) is 44.6 Å². The molecule has 0 aromatic heterocycles. The number of aliphatic hydroxyl groups is 1. The number of hydrogen-bond acceptors (Lipinski definition) is 1. The van der Waals surface area contributed by atoms with Crippen LogP contribution in [0.2, 0.25) is 0 Å². The predicted molar refractivity (Wildman–Crippen MR) is 86.2 cm³/mol. The Morgan fingerprint density at radius 3 is 1.95 bits per heavy atom. The van der Waals surface area contributed by atoms with Gasteiger partial charge in [0, 0.05) is 0 Å². The molecule has 2 rings (SSSR count). The second-order valence-corrected chi connectivity index (χ2v) is 6.78. The summed E-state index contributed by atoms with van der Waals surface area (Å²) in [6.07, 6.45) is 8.74. The van der Waals surface area contributed by atoms with Crippen molar-refractivity contribution in [2.24, 2.45) is 5.92 Å². The van der Waals surface area contributed by atoms with Crippen LogP contribution in [0.5, 0.6) is 0 Å². The van der Waals surface area contributed by atoms with E-state index in [4.69, 9.17) is 0 Å². The van der Waals surface area contributed by atoms with Crippen molar-refractivity contribution in [2.45, 2.75) is 78.7 Å². The second kappa shape index (κ2) is 6.76. The van der Waals surface area contributed by atoms with Gasteiger partial charge in [-0.3, -0.25) is 0 Å². The quantitative estimate of drug-likeness (QED) is 0.740. The van der Waals surface area contributed by atoms with Gasteiger partial charge in [0.05, 0.1) is 6.10 Å². The Morgan fingerprint density at radius 2 is 1.45 bits per heavy atom. The minimum atomic E-state index is -0.281. The van der Waals surface area contributed by atoms with Crippen molar-refractivity contribution < 1.29 is 5.11 Å². The van der Waals surface area contributed by atoms with Crippen molar-refractivity contribution >= 4 is 0 Å². The lowest BCUT2D eigenvalue weighted by Gasteiger charge is -2.24. The maximum Gasteiger partial charge on any atom is 0.0798 e. The third-order valence-corrected chi connectivity index (χ3v) is 5.29. The lowest BCUT2D eigenvalue weighted by atomic mass is 9.85. The van der Waals surface area contributed by atoms with Gasteiger partial charge in [0.2, 0.25) is 0 Å². The standard InChI is InChI=1S/C19H30O/c1-13-11-14(2)16(4)19(15(13)3)18(20)12-17-9-7-5-6-8-10-17/h11,17-18,20H,5-10,12H2,1-4H3. The molecule has 1 N–H and O–H groups in total. The van der Waals surface area contributed by atoms with E-state index >= 15 is 0 Å². The van der Waals surface area contributed by atoms with Crippen molar-refractivity contribution in [3.63, 3.8) is 0 Å². The topological polar surface area (TPSA) is 20.2 Å². The highest BCUT2D eigenvalue weighted by Crippen LogP contribution is 2.35. The third-order valence-electron chi connectivity index (χ3n) is 5.29. The molecular weight excluding hydrogens is 244 g/mol. The Kier molecular flexibility index (Phi) is 5.26. The lowest BCUT2D eigenvalue weighted by Crippen LogP contribution is -2.11. The summed E-state index contributed by atoms with van der Waals surface area (Å²) in [5.41, 5.74) is 6.39. The number of hydrogen-bond donors (Lipinski definition) is 1. The van der Waals surface area contributed by atoms with E-state index < -0.39 is 0 Å². The summed E-state index contributed by atoms with van der Waals surface area (Å²) in [6, 6.07) is 2.24. The fourth-order valence-corrected chi connectivity index (χ4v) is 3.78. The van der Waals surface area contributed by atoms with Crippen LogP contribution >= 0.6 is 0 Å². The minimum Gasteiger partial charge on any atom is -0.388 e. The molecule has 1 aliphatic rings. The van der Waals surface area contributed by atoms with E-state index in [1.807, 2.05) is 0 Å². The normalized spacial score (nSPS) is 18.9. The molecule has 0 aliphatic heterocycles. The van der Waals surface area contributed by atoms with Crippen LogP contribution in [0.1, 0.15) is 78.9 Å². The maximum absolute atomic E-state index is 10.8. The Morgan fingerprint density at radius 1 is 0.950 bits per heavy atom. The van der Waals surface area contributed by atoms with Gasteiger partial charge in [0.15, 0.2) is 0 Å². The summed E-state index contributed by atoms with van der Waals surface area (Å²) in [6.45, 7) is 8.63. The van der Waals surface area contributed by atoms with E-state index in [1.54, 1.807) is 0 Å². The molecule has 1 nitrogen and oxygen atoms in total. The van der Waals surface area contributed by atoms with Gasteiger partial charge >= 0.3 is 0 Å².